The molecule has 1 aromatic heterocycles. The fraction of sp³-hybridized carbons (Fsp3) is 0.158. The maximum atomic E-state index is 13.2. The van der Waals surface area contributed by atoms with Gasteiger partial charge < -0.3 is 14.8 Å². The minimum atomic E-state index is -0.323. The number of hydrogen-bond donors (Lipinski definition) is 2. The molecular weight excluding hydrogens is 367 g/mol. The van der Waals surface area contributed by atoms with Gasteiger partial charge in [0.25, 0.3) is 0 Å². The molecule has 27 heavy (non-hydrogen) atoms. The van der Waals surface area contributed by atoms with Crippen LogP contribution in [0.2, 0.25) is 0 Å². The summed E-state index contributed by atoms with van der Waals surface area (Å²) in [6, 6.07) is 13.0. The van der Waals surface area contributed by atoms with Gasteiger partial charge in [0, 0.05) is 16.6 Å². The van der Waals surface area contributed by atoms with E-state index < -0.39 is 0 Å². The summed E-state index contributed by atoms with van der Waals surface area (Å²) in [4.78, 5) is 5.62. The van der Waals surface area contributed by atoms with E-state index >= 15 is 0 Å². The molecule has 6 nitrogen and oxygen atoms in total. The van der Waals surface area contributed by atoms with E-state index in [-0.39, 0.29) is 5.82 Å². The topological polar surface area (TPSA) is 71.6 Å². The number of aryl methyl sites for hydroxylation is 1. The molecular formula is C19H19FN4O2S. The normalized spacial score (nSPS) is 11.3. The molecule has 0 fully saturated rings. The van der Waals surface area contributed by atoms with E-state index in [1.807, 2.05) is 6.92 Å². The van der Waals surface area contributed by atoms with Gasteiger partial charge in [0.2, 0.25) is 5.96 Å². The lowest BCUT2D eigenvalue weighted by molar-refractivity contribution is 0.395. The number of benzene rings is 2. The molecule has 3 aromatic rings. The Labute approximate surface area is 160 Å². The van der Waals surface area contributed by atoms with Gasteiger partial charge in [-0.1, -0.05) is 11.5 Å². The van der Waals surface area contributed by atoms with Crippen molar-refractivity contribution in [2.45, 2.75) is 6.92 Å². The van der Waals surface area contributed by atoms with Crippen molar-refractivity contribution in [3.05, 3.63) is 64.7 Å². The third-order valence-electron chi connectivity index (χ3n) is 3.70. The van der Waals surface area contributed by atoms with Crippen LogP contribution < -0.4 is 20.3 Å². The van der Waals surface area contributed by atoms with Crippen molar-refractivity contribution < 1.29 is 13.9 Å². The molecule has 0 atom stereocenters. The van der Waals surface area contributed by atoms with Crippen LogP contribution >= 0.6 is 11.5 Å². The second kappa shape index (κ2) is 8.05. The summed E-state index contributed by atoms with van der Waals surface area (Å²) in [5.74, 6) is 1.28. The number of aliphatic imine (C=N–C) groups is 1. The molecule has 140 valence electrons. The molecule has 2 N–H and O–H groups in total. The molecule has 0 aliphatic rings. The van der Waals surface area contributed by atoms with E-state index in [0.717, 1.165) is 4.88 Å². The van der Waals surface area contributed by atoms with E-state index in [4.69, 9.17) is 14.9 Å². The lowest BCUT2D eigenvalue weighted by atomic mass is 10.3. The fourth-order valence-corrected chi connectivity index (χ4v) is 3.18. The zero-order chi connectivity index (χ0) is 19.4. The van der Waals surface area contributed by atoms with Crippen molar-refractivity contribution in [2.24, 2.45) is 4.99 Å². The molecule has 0 amide bonds. The van der Waals surface area contributed by atoms with Gasteiger partial charge >= 0.3 is 0 Å². The minimum absolute atomic E-state index is 0.290. The highest BCUT2D eigenvalue weighted by Gasteiger charge is 2.11. The van der Waals surface area contributed by atoms with Crippen molar-refractivity contribution in [2.75, 3.05) is 19.5 Å². The molecule has 0 unspecified atom stereocenters. The Morgan fingerprint density at radius 1 is 1.11 bits per heavy atom. The average molecular weight is 386 g/mol. The molecule has 8 heteroatoms. The molecule has 0 bridgehead atoms. The predicted octanol–water partition coefficient (Wildman–Crippen LogP) is 4.14. The van der Waals surface area contributed by atoms with Gasteiger partial charge in [0.15, 0.2) is 0 Å². The number of anilines is 1. The van der Waals surface area contributed by atoms with Gasteiger partial charge in [0.05, 0.1) is 14.2 Å². The number of hydrogen-bond acceptors (Lipinski definition) is 5. The van der Waals surface area contributed by atoms with Gasteiger partial charge in [-0.05, 0) is 49.4 Å². The highest BCUT2D eigenvalue weighted by molar-refractivity contribution is 7.07. The van der Waals surface area contributed by atoms with Crippen molar-refractivity contribution >= 4 is 28.9 Å². The minimum Gasteiger partial charge on any atom is -0.497 e. The molecule has 0 aliphatic carbocycles. The Bertz CT molecular complexity index is 1020. The smallest absolute Gasteiger partial charge is 0.223 e. The Balaban J connectivity index is 2.09. The number of rotatable bonds is 4. The highest BCUT2D eigenvalue weighted by atomic mass is 32.1. The number of ether oxygens (including phenoxy) is 2. The first-order valence-electron chi connectivity index (χ1n) is 8.08. The first-order valence-corrected chi connectivity index (χ1v) is 8.86. The fourth-order valence-electron chi connectivity index (χ4n) is 2.41. The summed E-state index contributed by atoms with van der Waals surface area (Å²) in [7, 11) is 3.13. The maximum Gasteiger partial charge on any atom is 0.223 e. The second-order valence-corrected chi connectivity index (χ2v) is 6.82. The molecule has 0 aliphatic heterocycles. The van der Waals surface area contributed by atoms with Crippen LogP contribution in [-0.2, 0) is 0 Å². The predicted molar refractivity (Wildman–Crippen MR) is 105 cm³/mol. The number of nitrogens with one attached hydrogen (secondary N) is 2. The van der Waals surface area contributed by atoms with Crippen LogP contribution in [0.15, 0.2) is 53.5 Å². The summed E-state index contributed by atoms with van der Waals surface area (Å²) >= 11 is 1.38. The molecule has 0 radical (unpaired) electrons. The monoisotopic (exact) mass is 386 g/mol. The van der Waals surface area contributed by atoms with E-state index in [1.165, 1.54) is 23.7 Å². The SMILES string of the molecule is COc1ccc(N=C(Nc2ccc(F)cc2)n2sc(C)cc2=N)c(OC)c1. The molecule has 0 saturated heterocycles. The van der Waals surface area contributed by atoms with Crippen LogP contribution in [0.5, 0.6) is 11.5 Å². The molecule has 3 rings (SSSR count). The van der Waals surface area contributed by atoms with Crippen LogP contribution in [0.3, 0.4) is 0 Å². The number of aromatic nitrogens is 1. The van der Waals surface area contributed by atoms with Crippen LogP contribution in [0.4, 0.5) is 15.8 Å². The second-order valence-electron chi connectivity index (χ2n) is 5.63. The first-order chi connectivity index (χ1) is 13.0. The van der Waals surface area contributed by atoms with Gasteiger partial charge in [-0.15, -0.1) is 0 Å². The number of halogens is 1. The van der Waals surface area contributed by atoms with Crippen molar-refractivity contribution in [3.8, 4) is 11.5 Å². The van der Waals surface area contributed by atoms with Crippen molar-refractivity contribution in [1.29, 1.82) is 5.41 Å². The van der Waals surface area contributed by atoms with E-state index in [0.29, 0.717) is 34.3 Å². The van der Waals surface area contributed by atoms with Gasteiger partial charge in [-0.25, -0.2) is 13.3 Å². The third kappa shape index (κ3) is 4.35. The standard InChI is InChI=1S/C19H19FN4O2S/c1-12-10-18(21)24(27-12)19(22-14-6-4-13(20)5-7-14)23-16-9-8-15(25-2)11-17(16)26-3/h4-11,21H,1-3H3,(H,22,23). The number of methoxy groups -OCH3 is 2. The number of nitrogens with zero attached hydrogens (tertiary/aromatic N) is 2. The Kier molecular flexibility index (Phi) is 5.56. The van der Waals surface area contributed by atoms with E-state index in [2.05, 4.69) is 10.3 Å². The summed E-state index contributed by atoms with van der Waals surface area (Å²) in [5, 5.41) is 11.3. The van der Waals surface area contributed by atoms with Crippen LogP contribution in [0.1, 0.15) is 4.88 Å². The van der Waals surface area contributed by atoms with E-state index in [9.17, 15) is 4.39 Å². The lowest BCUT2D eigenvalue weighted by Gasteiger charge is -2.12. The van der Waals surface area contributed by atoms with Crippen LogP contribution in [0.25, 0.3) is 0 Å². The Morgan fingerprint density at radius 3 is 2.44 bits per heavy atom. The third-order valence-corrected chi connectivity index (χ3v) is 4.66. The van der Waals surface area contributed by atoms with Gasteiger partial charge in [-0.3, -0.25) is 5.41 Å². The highest BCUT2D eigenvalue weighted by Crippen LogP contribution is 2.31. The molecule has 1 heterocycles. The largest absolute Gasteiger partial charge is 0.497 e. The summed E-state index contributed by atoms with van der Waals surface area (Å²) in [6.45, 7) is 1.92. The summed E-state index contributed by atoms with van der Waals surface area (Å²) < 4.78 is 25.5. The summed E-state index contributed by atoms with van der Waals surface area (Å²) in [5.41, 5.74) is 1.51. The van der Waals surface area contributed by atoms with Crippen molar-refractivity contribution in [3.63, 3.8) is 0 Å². The molecule has 0 spiro atoms. The van der Waals surface area contributed by atoms with Crippen LogP contribution in [-0.4, -0.2) is 24.1 Å². The molecule has 2 aromatic carbocycles. The Hall–Kier alpha value is -3.13. The lowest BCUT2D eigenvalue weighted by Crippen LogP contribution is -2.28. The maximum absolute atomic E-state index is 13.2. The molecule has 0 saturated carbocycles. The zero-order valence-electron chi connectivity index (χ0n) is 15.1. The van der Waals surface area contributed by atoms with E-state index in [1.54, 1.807) is 54.6 Å². The summed E-state index contributed by atoms with van der Waals surface area (Å²) in [6.07, 6.45) is 0. The Morgan fingerprint density at radius 2 is 1.85 bits per heavy atom. The van der Waals surface area contributed by atoms with Crippen molar-refractivity contribution in [1.82, 2.24) is 3.96 Å². The van der Waals surface area contributed by atoms with Gasteiger partial charge in [-0.2, -0.15) is 0 Å². The van der Waals surface area contributed by atoms with Gasteiger partial charge in [0.1, 0.15) is 28.5 Å². The van der Waals surface area contributed by atoms with Crippen LogP contribution in [0, 0.1) is 18.2 Å². The zero-order valence-corrected chi connectivity index (χ0v) is 15.9. The first kappa shape index (κ1) is 18.7. The average Bonchev–Trinajstić information content (AvgIpc) is 3.01. The quantitative estimate of drug-likeness (QED) is 0.523.